The van der Waals surface area contributed by atoms with E-state index in [1.165, 1.54) is 64.2 Å². The van der Waals surface area contributed by atoms with E-state index in [0.717, 1.165) is 99.3 Å². The lowest BCUT2D eigenvalue weighted by Crippen LogP contribution is -2.51. The maximum Gasteiger partial charge on any atom is 0.306 e. The first-order valence-electron chi connectivity index (χ1n) is 23.5. The lowest BCUT2D eigenvalue weighted by atomic mass is 9.47. The van der Waals surface area contributed by atoms with Crippen LogP contribution in [0.1, 0.15) is 204 Å². The SMILES string of the molecule is CCC(CCC(C)[C@H]1CC[C@H]2[C@@H]3CC=C4C[C@@H](OC(=O)CCCC(=O)N(CCCCCCCC(C)(C)N)CCC(C)(C)N)CC[C@]4(C)[C@H]3CC[C@]12C)C(C)C. The normalized spacial score (nSPS) is 30.6. The van der Waals surface area contributed by atoms with Crippen molar-refractivity contribution >= 4 is 11.9 Å². The molecule has 3 saturated carbocycles. The van der Waals surface area contributed by atoms with Gasteiger partial charge in [0.1, 0.15) is 6.10 Å². The third-order valence-electron chi connectivity index (χ3n) is 16.0. The number of carbonyl (C=O) groups excluding carboxylic acids is 2. The molecule has 318 valence electrons. The maximum absolute atomic E-state index is 13.4. The molecule has 9 atom stereocenters. The molecule has 4 rings (SSSR count). The molecular weight excluding hydrogens is 679 g/mol. The molecule has 0 aromatic rings. The maximum atomic E-state index is 13.4. The molecule has 0 aliphatic heterocycles. The Kier molecular flexibility index (Phi) is 16.9. The van der Waals surface area contributed by atoms with Crippen molar-refractivity contribution < 1.29 is 14.3 Å². The van der Waals surface area contributed by atoms with Gasteiger partial charge in [0.15, 0.2) is 0 Å². The molecule has 3 fully saturated rings. The quantitative estimate of drug-likeness (QED) is 0.0649. The molecule has 6 heteroatoms. The highest BCUT2D eigenvalue weighted by Crippen LogP contribution is 2.67. The van der Waals surface area contributed by atoms with Crippen molar-refractivity contribution in [1.29, 1.82) is 0 Å². The molecule has 0 aromatic carbocycles. The van der Waals surface area contributed by atoms with Crippen molar-refractivity contribution in [1.82, 2.24) is 4.90 Å². The summed E-state index contributed by atoms with van der Waals surface area (Å²) in [6.45, 7) is 24.7. The van der Waals surface area contributed by atoms with Crippen LogP contribution in [0, 0.1) is 52.3 Å². The minimum Gasteiger partial charge on any atom is -0.462 e. The Morgan fingerprint density at radius 2 is 1.53 bits per heavy atom. The fourth-order valence-electron chi connectivity index (χ4n) is 12.4. The summed E-state index contributed by atoms with van der Waals surface area (Å²) in [4.78, 5) is 28.5. The van der Waals surface area contributed by atoms with E-state index in [-0.39, 0.29) is 34.5 Å². The first kappa shape index (κ1) is 46.3. The van der Waals surface area contributed by atoms with Gasteiger partial charge in [-0.3, -0.25) is 9.59 Å². The first-order chi connectivity index (χ1) is 25.8. The van der Waals surface area contributed by atoms with Crippen LogP contribution >= 0.6 is 0 Å². The van der Waals surface area contributed by atoms with Gasteiger partial charge in [-0.15, -0.1) is 0 Å². The fraction of sp³-hybridized carbons (Fsp3) is 0.918. The van der Waals surface area contributed by atoms with E-state index in [0.29, 0.717) is 31.2 Å². The largest absolute Gasteiger partial charge is 0.462 e. The molecule has 1 amide bonds. The van der Waals surface area contributed by atoms with Crippen LogP contribution in [0.5, 0.6) is 0 Å². The van der Waals surface area contributed by atoms with Crippen LogP contribution in [0.4, 0.5) is 0 Å². The summed E-state index contributed by atoms with van der Waals surface area (Å²) in [7, 11) is 0. The van der Waals surface area contributed by atoms with Gasteiger partial charge in [-0.2, -0.15) is 0 Å². The van der Waals surface area contributed by atoms with Crippen molar-refractivity contribution in [3.8, 4) is 0 Å². The first-order valence-corrected chi connectivity index (χ1v) is 23.5. The average Bonchev–Trinajstić information content (AvgIpc) is 3.45. The predicted molar refractivity (Wildman–Crippen MR) is 231 cm³/mol. The molecule has 0 radical (unpaired) electrons. The Morgan fingerprint density at radius 3 is 2.20 bits per heavy atom. The molecule has 55 heavy (non-hydrogen) atoms. The number of nitrogens with two attached hydrogens (primary N) is 2. The number of allylic oxidation sites excluding steroid dienone is 1. The topological polar surface area (TPSA) is 98.7 Å². The van der Waals surface area contributed by atoms with E-state index < -0.39 is 0 Å². The lowest BCUT2D eigenvalue weighted by Gasteiger charge is -2.58. The van der Waals surface area contributed by atoms with Crippen LogP contribution in [0.25, 0.3) is 0 Å². The summed E-state index contributed by atoms with van der Waals surface area (Å²) in [5.41, 5.74) is 14.3. The zero-order chi connectivity index (χ0) is 40.6. The van der Waals surface area contributed by atoms with Gasteiger partial charge in [0.25, 0.3) is 0 Å². The van der Waals surface area contributed by atoms with Crippen molar-refractivity contribution in [3.63, 3.8) is 0 Å². The highest BCUT2D eigenvalue weighted by atomic mass is 16.5. The Labute approximate surface area is 339 Å². The fourth-order valence-corrected chi connectivity index (χ4v) is 12.4. The van der Waals surface area contributed by atoms with Gasteiger partial charge in [0, 0.05) is 43.4 Å². The second-order valence-corrected chi connectivity index (χ2v) is 21.8. The van der Waals surface area contributed by atoms with E-state index in [9.17, 15) is 9.59 Å². The van der Waals surface area contributed by atoms with Gasteiger partial charge < -0.3 is 21.1 Å². The highest BCUT2D eigenvalue weighted by Gasteiger charge is 2.59. The molecule has 0 aromatic heterocycles. The third-order valence-corrected chi connectivity index (χ3v) is 16.0. The highest BCUT2D eigenvalue weighted by molar-refractivity contribution is 5.77. The van der Waals surface area contributed by atoms with Crippen LogP contribution in [0.15, 0.2) is 11.6 Å². The summed E-state index contributed by atoms with van der Waals surface area (Å²) < 4.78 is 6.15. The van der Waals surface area contributed by atoms with Gasteiger partial charge in [0.05, 0.1) is 0 Å². The molecule has 0 heterocycles. The van der Waals surface area contributed by atoms with Crippen molar-refractivity contribution in [2.24, 2.45) is 63.7 Å². The molecular formula is C49H89N3O3. The Hall–Kier alpha value is -1.40. The molecule has 4 aliphatic rings. The van der Waals surface area contributed by atoms with Gasteiger partial charge in [-0.05, 0) is 157 Å². The number of nitrogens with zero attached hydrogens (tertiary/aromatic N) is 1. The molecule has 0 spiro atoms. The third kappa shape index (κ3) is 12.8. The molecule has 2 unspecified atom stereocenters. The van der Waals surface area contributed by atoms with E-state index >= 15 is 0 Å². The lowest BCUT2D eigenvalue weighted by molar-refractivity contribution is -0.151. The molecule has 4 N–H and O–H groups in total. The Balaban J connectivity index is 1.23. The van der Waals surface area contributed by atoms with Crippen LogP contribution in [-0.2, 0) is 14.3 Å². The summed E-state index contributed by atoms with van der Waals surface area (Å²) in [6, 6.07) is 0. The molecule has 6 nitrogen and oxygen atoms in total. The van der Waals surface area contributed by atoms with Crippen LogP contribution < -0.4 is 11.5 Å². The smallest absolute Gasteiger partial charge is 0.306 e. The second kappa shape index (κ2) is 20.0. The molecule has 0 bridgehead atoms. The van der Waals surface area contributed by atoms with Crippen molar-refractivity contribution in [2.45, 2.75) is 221 Å². The van der Waals surface area contributed by atoms with Crippen molar-refractivity contribution in [3.05, 3.63) is 11.6 Å². The second-order valence-electron chi connectivity index (χ2n) is 21.8. The van der Waals surface area contributed by atoms with E-state index in [2.05, 4.69) is 61.5 Å². The van der Waals surface area contributed by atoms with E-state index in [4.69, 9.17) is 16.2 Å². The average molecular weight is 768 g/mol. The monoisotopic (exact) mass is 768 g/mol. The number of hydrogen-bond donors (Lipinski definition) is 2. The van der Waals surface area contributed by atoms with Crippen molar-refractivity contribution in [2.75, 3.05) is 13.1 Å². The summed E-state index contributed by atoms with van der Waals surface area (Å²) >= 11 is 0. The van der Waals surface area contributed by atoms with Gasteiger partial charge in [-0.1, -0.05) is 91.7 Å². The van der Waals surface area contributed by atoms with E-state index in [1.807, 2.05) is 18.7 Å². The standard InChI is InChI=1S/C49H89N3O3/c1-11-37(35(2)3)21-20-36(4)41-24-25-42-40-23-22-38-34-39(26-29-48(38,9)43(40)27-30-49(41,42)10)55-45(54)19-17-18-44(53)52(33-31-47(7,8)51)32-16-14-12-13-15-28-46(5,6)50/h22,35-37,39-43H,11-21,23-34,50-51H2,1-10H3/t36?,37?,39-,40-,41+,42-,43-,48-,49+/m0/s1. The van der Waals surface area contributed by atoms with Gasteiger partial charge in [-0.25, -0.2) is 0 Å². The number of rotatable bonds is 22. The number of amides is 1. The van der Waals surface area contributed by atoms with Crippen LogP contribution in [0.2, 0.25) is 0 Å². The van der Waals surface area contributed by atoms with Crippen LogP contribution in [0.3, 0.4) is 0 Å². The number of unbranched alkanes of at least 4 members (excludes halogenated alkanes) is 4. The molecule has 4 aliphatic carbocycles. The Morgan fingerprint density at radius 1 is 0.836 bits per heavy atom. The Bertz CT molecular complexity index is 1250. The number of hydrogen-bond acceptors (Lipinski definition) is 5. The van der Waals surface area contributed by atoms with Crippen LogP contribution in [-0.4, -0.2) is 47.0 Å². The number of fused-ring (bicyclic) bond motifs is 5. The minimum atomic E-state index is -0.316. The molecule has 0 saturated heterocycles. The van der Waals surface area contributed by atoms with Gasteiger partial charge >= 0.3 is 5.97 Å². The number of esters is 1. The summed E-state index contributed by atoms with van der Waals surface area (Å²) in [5.74, 6) is 5.81. The van der Waals surface area contributed by atoms with E-state index in [1.54, 1.807) is 5.57 Å². The van der Waals surface area contributed by atoms with Gasteiger partial charge in [0.2, 0.25) is 5.91 Å². The summed E-state index contributed by atoms with van der Waals surface area (Å²) in [5, 5.41) is 0. The zero-order valence-corrected chi connectivity index (χ0v) is 37.8. The number of carbonyl (C=O) groups is 2. The zero-order valence-electron chi connectivity index (χ0n) is 37.8. The minimum absolute atomic E-state index is 0.0263. The predicted octanol–water partition coefficient (Wildman–Crippen LogP) is 11.8. The number of ether oxygens (including phenoxy) is 1. The summed E-state index contributed by atoms with van der Waals surface area (Å²) in [6.07, 6.45) is 25.2.